The van der Waals surface area contributed by atoms with Crippen molar-refractivity contribution >= 4 is 29.3 Å². The van der Waals surface area contributed by atoms with Crippen molar-refractivity contribution in [3.63, 3.8) is 0 Å². The van der Waals surface area contributed by atoms with Gasteiger partial charge in [-0.1, -0.05) is 40.1 Å². The lowest BCUT2D eigenvalue weighted by Gasteiger charge is -2.06. The lowest BCUT2D eigenvalue weighted by Crippen LogP contribution is -2.21. The van der Waals surface area contributed by atoms with Crippen LogP contribution in [0.4, 0.5) is 5.82 Å². The quantitative estimate of drug-likeness (QED) is 0.681. The molecule has 1 amide bonds. The fraction of sp³-hybridized carbons (Fsp3) is 0.176. The zero-order valence-electron chi connectivity index (χ0n) is 13.9. The largest absolute Gasteiger partial charge is 0.452 e. The van der Waals surface area contributed by atoms with Gasteiger partial charge in [0.2, 0.25) is 0 Å². The Labute approximate surface area is 153 Å². The molecule has 0 saturated heterocycles. The summed E-state index contributed by atoms with van der Waals surface area (Å²) in [4.78, 5) is 24.3. The van der Waals surface area contributed by atoms with Crippen LogP contribution in [0.5, 0.6) is 0 Å². The molecule has 0 bridgehead atoms. The Morgan fingerprint density at radius 2 is 1.96 bits per heavy atom. The second kappa shape index (κ2) is 7.40. The van der Waals surface area contributed by atoms with Gasteiger partial charge in [-0.25, -0.2) is 4.79 Å². The highest BCUT2D eigenvalue weighted by Crippen LogP contribution is 2.31. The van der Waals surface area contributed by atoms with Crippen LogP contribution in [0.25, 0.3) is 11.3 Å². The van der Waals surface area contributed by atoms with Crippen LogP contribution in [-0.2, 0) is 9.53 Å². The van der Waals surface area contributed by atoms with Gasteiger partial charge < -0.3 is 19.1 Å². The summed E-state index contributed by atoms with van der Waals surface area (Å²) in [7, 11) is 0. The van der Waals surface area contributed by atoms with E-state index in [-0.39, 0.29) is 22.8 Å². The first kappa shape index (κ1) is 17.7. The molecule has 0 spiro atoms. The van der Waals surface area contributed by atoms with Crippen molar-refractivity contribution in [2.45, 2.75) is 13.8 Å². The van der Waals surface area contributed by atoms with E-state index in [9.17, 15) is 9.59 Å². The van der Waals surface area contributed by atoms with E-state index in [1.165, 1.54) is 0 Å². The van der Waals surface area contributed by atoms with Crippen LogP contribution in [0.15, 0.2) is 39.4 Å². The van der Waals surface area contributed by atoms with E-state index in [2.05, 4.69) is 15.6 Å². The van der Waals surface area contributed by atoms with Crippen LogP contribution >= 0.6 is 11.6 Å². The molecule has 8 nitrogen and oxygen atoms in total. The van der Waals surface area contributed by atoms with Crippen molar-refractivity contribution in [3.8, 4) is 11.3 Å². The van der Waals surface area contributed by atoms with Gasteiger partial charge in [-0.3, -0.25) is 4.79 Å². The molecule has 2 heterocycles. The molecule has 1 N–H and O–H groups in total. The molecular weight excluding hydrogens is 362 g/mol. The number of hydrogen-bond acceptors (Lipinski definition) is 7. The summed E-state index contributed by atoms with van der Waals surface area (Å²) in [5, 5.41) is 10.4. The maximum Gasteiger partial charge on any atom is 0.344 e. The molecular formula is C17H14ClN3O5. The average Bonchev–Trinajstić information content (AvgIpc) is 3.19. The first-order valence-electron chi connectivity index (χ1n) is 7.57. The van der Waals surface area contributed by atoms with Crippen molar-refractivity contribution in [2.24, 2.45) is 0 Å². The molecule has 2 aromatic heterocycles. The minimum Gasteiger partial charge on any atom is -0.452 e. The van der Waals surface area contributed by atoms with Crippen molar-refractivity contribution < 1.29 is 23.4 Å². The number of amides is 1. The normalized spacial score (nSPS) is 10.6. The van der Waals surface area contributed by atoms with Gasteiger partial charge in [0, 0.05) is 11.6 Å². The molecule has 26 heavy (non-hydrogen) atoms. The number of aryl methyl sites for hydroxylation is 2. The smallest absolute Gasteiger partial charge is 0.344 e. The van der Waals surface area contributed by atoms with Crippen molar-refractivity contribution in [1.29, 1.82) is 0 Å². The summed E-state index contributed by atoms with van der Waals surface area (Å²) in [6.07, 6.45) is 0. The molecule has 0 fully saturated rings. The van der Waals surface area contributed by atoms with E-state index in [1.54, 1.807) is 44.2 Å². The molecule has 3 aromatic rings. The molecule has 0 aliphatic rings. The minimum absolute atomic E-state index is 0.114. The number of benzene rings is 1. The number of nitrogens with zero attached hydrogens (tertiary/aromatic N) is 2. The van der Waals surface area contributed by atoms with Crippen LogP contribution in [0.2, 0.25) is 5.02 Å². The lowest BCUT2D eigenvalue weighted by atomic mass is 10.1. The summed E-state index contributed by atoms with van der Waals surface area (Å²) in [5.74, 6) is -0.258. The average molecular weight is 376 g/mol. The fourth-order valence-electron chi connectivity index (χ4n) is 2.26. The van der Waals surface area contributed by atoms with Crippen LogP contribution in [0, 0.1) is 13.8 Å². The van der Waals surface area contributed by atoms with Gasteiger partial charge in [-0.05, 0) is 19.9 Å². The van der Waals surface area contributed by atoms with E-state index in [1.807, 2.05) is 0 Å². The van der Waals surface area contributed by atoms with Crippen LogP contribution in [-0.4, -0.2) is 28.8 Å². The molecule has 1 aromatic carbocycles. The number of nitrogens with one attached hydrogen (secondary N) is 1. The van der Waals surface area contributed by atoms with E-state index >= 15 is 0 Å². The lowest BCUT2D eigenvalue weighted by molar-refractivity contribution is -0.119. The third-order valence-electron chi connectivity index (χ3n) is 3.43. The molecule has 0 aliphatic carbocycles. The number of halogens is 1. The highest BCUT2D eigenvalue weighted by atomic mass is 35.5. The van der Waals surface area contributed by atoms with Gasteiger partial charge in [0.05, 0.1) is 5.02 Å². The molecule has 0 radical (unpaired) electrons. The van der Waals surface area contributed by atoms with Gasteiger partial charge in [-0.15, -0.1) is 0 Å². The topological polar surface area (TPSA) is 107 Å². The SMILES string of the molecule is Cc1cc(NC(=O)COC(=O)c2c(-c3ccccc3Cl)noc2C)no1. The first-order chi connectivity index (χ1) is 12.5. The highest BCUT2D eigenvalue weighted by molar-refractivity contribution is 6.33. The number of esters is 1. The van der Waals surface area contributed by atoms with Gasteiger partial charge >= 0.3 is 5.97 Å². The van der Waals surface area contributed by atoms with Crippen molar-refractivity contribution in [2.75, 3.05) is 11.9 Å². The number of hydrogen-bond donors (Lipinski definition) is 1. The second-order valence-corrected chi connectivity index (χ2v) is 5.80. The standard InChI is InChI=1S/C17H14ClN3O5/c1-9-7-13(20-25-9)19-14(22)8-24-17(23)15-10(2)26-21-16(15)11-5-3-4-6-12(11)18/h3-7H,8H2,1-2H3,(H,19,20,22). The highest BCUT2D eigenvalue weighted by Gasteiger charge is 2.25. The van der Waals surface area contributed by atoms with Crippen molar-refractivity contribution in [1.82, 2.24) is 10.3 Å². The second-order valence-electron chi connectivity index (χ2n) is 5.39. The summed E-state index contributed by atoms with van der Waals surface area (Å²) in [6.45, 7) is 2.76. The van der Waals surface area contributed by atoms with Crippen molar-refractivity contribution in [3.05, 3.63) is 52.4 Å². The number of ether oxygens (including phenoxy) is 1. The van der Waals surface area contributed by atoms with Gasteiger partial charge in [0.1, 0.15) is 22.8 Å². The first-order valence-corrected chi connectivity index (χ1v) is 7.95. The maximum absolute atomic E-state index is 12.4. The number of carbonyl (C=O) groups excluding carboxylic acids is 2. The third kappa shape index (κ3) is 3.75. The molecule has 0 saturated carbocycles. The molecule has 134 valence electrons. The Balaban J connectivity index is 1.71. The van der Waals surface area contributed by atoms with Gasteiger partial charge in [-0.2, -0.15) is 0 Å². The Kier molecular flexibility index (Phi) is 5.04. The monoisotopic (exact) mass is 375 g/mol. The Morgan fingerprint density at radius 1 is 1.19 bits per heavy atom. The van der Waals surface area contributed by atoms with E-state index in [0.29, 0.717) is 16.3 Å². The van der Waals surface area contributed by atoms with E-state index in [0.717, 1.165) is 0 Å². The number of rotatable bonds is 5. The summed E-state index contributed by atoms with van der Waals surface area (Å²) in [5.41, 5.74) is 0.898. The number of aromatic nitrogens is 2. The fourth-order valence-corrected chi connectivity index (χ4v) is 2.48. The Hall–Kier alpha value is -3.13. The molecule has 9 heteroatoms. The molecule has 0 unspecified atom stereocenters. The van der Waals surface area contributed by atoms with Gasteiger partial charge in [0.15, 0.2) is 12.4 Å². The zero-order chi connectivity index (χ0) is 18.7. The Morgan fingerprint density at radius 3 is 2.65 bits per heavy atom. The number of carbonyl (C=O) groups is 2. The summed E-state index contributed by atoms with van der Waals surface area (Å²) < 4.78 is 15.0. The predicted octanol–water partition coefficient (Wildman–Crippen LogP) is 3.40. The summed E-state index contributed by atoms with van der Waals surface area (Å²) >= 11 is 6.15. The Bertz CT molecular complexity index is 963. The molecule has 0 atom stereocenters. The number of anilines is 1. The maximum atomic E-state index is 12.4. The zero-order valence-corrected chi connectivity index (χ0v) is 14.7. The third-order valence-corrected chi connectivity index (χ3v) is 3.76. The van der Waals surface area contributed by atoms with Crippen LogP contribution in [0.1, 0.15) is 21.9 Å². The van der Waals surface area contributed by atoms with Gasteiger partial charge in [0.25, 0.3) is 5.91 Å². The predicted molar refractivity (Wildman–Crippen MR) is 91.8 cm³/mol. The minimum atomic E-state index is -0.745. The summed E-state index contributed by atoms with van der Waals surface area (Å²) in [6, 6.07) is 8.43. The van der Waals surface area contributed by atoms with E-state index in [4.69, 9.17) is 25.4 Å². The molecule has 3 rings (SSSR count). The van der Waals surface area contributed by atoms with Crippen LogP contribution in [0.3, 0.4) is 0 Å². The van der Waals surface area contributed by atoms with E-state index < -0.39 is 18.5 Å². The molecule has 0 aliphatic heterocycles. The van der Waals surface area contributed by atoms with Crippen LogP contribution < -0.4 is 5.32 Å².